The first-order chi connectivity index (χ1) is 11.7. The van der Waals surface area contributed by atoms with Crippen molar-refractivity contribution in [2.45, 2.75) is 0 Å². The summed E-state index contributed by atoms with van der Waals surface area (Å²) in [6.07, 6.45) is 1.71. The summed E-state index contributed by atoms with van der Waals surface area (Å²) in [4.78, 5) is 16.3. The predicted octanol–water partition coefficient (Wildman–Crippen LogP) is 4.20. The summed E-state index contributed by atoms with van der Waals surface area (Å²) in [5.74, 6) is 0.754. The van der Waals surface area contributed by atoms with E-state index < -0.39 is 0 Å². The highest BCUT2D eigenvalue weighted by Gasteiger charge is 2.05. The molecule has 0 unspecified atom stereocenters. The van der Waals surface area contributed by atoms with Gasteiger partial charge < -0.3 is 15.4 Å². The average molecular weight is 386 g/mol. The molecule has 0 radical (unpaired) electrons. The van der Waals surface area contributed by atoms with E-state index in [1.807, 2.05) is 54.6 Å². The maximum absolute atomic E-state index is 12.0. The lowest BCUT2D eigenvalue weighted by molar-refractivity contribution is 0.247. The second-order valence-corrected chi connectivity index (χ2v) is 5.98. The molecule has 3 aromatic rings. The SMILES string of the molecule is O=C(NCCOc1cccc(Br)c1)Nc1cccc2cccnc12. The van der Waals surface area contributed by atoms with Crippen molar-refractivity contribution < 1.29 is 9.53 Å². The number of aromatic nitrogens is 1. The largest absolute Gasteiger partial charge is 0.492 e. The molecule has 0 spiro atoms. The molecule has 0 aliphatic heterocycles. The summed E-state index contributed by atoms with van der Waals surface area (Å²) in [7, 11) is 0. The second kappa shape index (κ2) is 7.79. The molecule has 0 aliphatic carbocycles. The van der Waals surface area contributed by atoms with E-state index in [1.54, 1.807) is 6.20 Å². The van der Waals surface area contributed by atoms with Crippen molar-refractivity contribution in [1.29, 1.82) is 0 Å². The minimum atomic E-state index is -0.286. The number of hydrogen-bond acceptors (Lipinski definition) is 3. The fourth-order valence-corrected chi connectivity index (χ4v) is 2.64. The Labute approximate surface area is 148 Å². The third-order valence-corrected chi connectivity index (χ3v) is 3.83. The highest BCUT2D eigenvalue weighted by molar-refractivity contribution is 9.10. The van der Waals surface area contributed by atoms with E-state index >= 15 is 0 Å². The minimum absolute atomic E-state index is 0.286. The van der Waals surface area contributed by atoms with Gasteiger partial charge in [0.15, 0.2) is 0 Å². The molecule has 0 saturated carbocycles. The fourth-order valence-electron chi connectivity index (χ4n) is 2.26. The van der Waals surface area contributed by atoms with Gasteiger partial charge in [0.25, 0.3) is 0 Å². The number of pyridine rings is 1. The van der Waals surface area contributed by atoms with E-state index in [9.17, 15) is 4.79 Å². The Hall–Kier alpha value is -2.60. The van der Waals surface area contributed by atoms with Crippen LogP contribution in [0.4, 0.5) is 10.5 Å². The number of hydrogen-bond donors (Lipinski definition) is 2. The summed E-state index contributed by atoms with van der Waals surface area (Å²) in [5.41, 5.74) is 1.44. The Balaban J connectivity index is 1.50. The summed E-state index contributed by atoms with van der Waals surface area (Å²) in [6.45, 7) is 0.786. The Morgan fingerprint density at radius 1 is 1.12 bits per heavy atom. The highest BCUT2D eigenvalue weighted by atomic mass is 79.9. The maximum Gasteiger partial charge on any atom is 0.319 e. The molecule has 0 bridgehead atoms. The Morgan fingerprint density at radius 2 is 1.96 bits per heavy atom. The predicted molar refractivity (Wildman–Crippen MR) is 98.4 cm³/mol. The number of nitrogens with one attached hydrogen (secondary N) is 2. The second-order valence-electron chi connectivity index (χ2n) is 5.07. The molecule has 2 N–H and O–H groups in total. The molecule has 2 amide bonds. The van der Waals surface area contributed by atoms with Crippen LogP contribution in [0.2, 0.25) is 0 Å². The molecule has 6 heteroatoms. The van der Waals surface area contributed by atoms with Crippen molar-refractivity contribution >= 4 is 38.6 Å². The third kappa shape index (κ3) is 4.23. The lowest BCUT2D eigenvalue weighted by Gasteiger charge is -2.10. The van der Waals surface area contributed by atoms with Crippen molar-refractivity contribution in [1.82, 2.24) is 10.3 Å². The van der Waals surface area contributed by atoms with E-state index in [2.05, 4.69) is 31.5 Å². The summed E-state index contributed by atoms with van der Waals surface area (Å²) in [6, 6.07) is 16.8. The number of carbonyl (C=O) groups is 1. The number of nitrogens with zero attached hydrogens (tertiary/aromatic N) is 1. The van der Waals surface area contributed by atoms with Crippen molar-refractivity contribution in [3.8, 4) is 5.75 Å². The zero-order valence-corrected chi connectivity index (χ0v) is 14.4. The number of urea groups is 1. The summed E-state index contributed by atoms with van der Waals surface area (Å²) >= 11 is 3.39. The van der Waals surface area contributed by atoms with Gasteiger partial charge in [0.2, 0.25) is 0 Å². The van der Waals surface area contributed by atoms with E-state index in [1.165, 1.54) is 0 Å². The van der Waals surface area contributed by atoms with Gasteiger partial charge in [-0.05, 0) is 30.3 Å². The van der Waals surface area contributed by atoms with Crippen LogP contribution in [0.1, 0.15) is 0 Å². The Bertz CT molecular complexity index is 849. The number of fused-ring (bicyclic) bond motifs is 1. The van der Waals surface area contributed by atoms with Crippen LogP contribution in [-0.4, -0.2) is 24.2 Å². The number of ether oxygens (including phenoxy) is 1. The molecule has 5 nitrogen and oxygen atoms in total. The molecule has 122 valence electrons. The smallest absolute Gasteiger partial charge is 0.319 e. The van der Waals surface area contributed by atoms with Crippen molar-refractivity contribution in [3.63, 3.8) is 0 Å². The number of rotatable bonds is 5. The lowest BCUT2D eigenvalue weighted by atomic mass is 10.2. The standard InChI is InChI=1S/C18H16BrN3O2/c19-14-6-2-7-15(12-14)24-11-10-21-18(23)22-16-8-1-4-13-5-3-9-20-17(13)16/h1-9,12H,10-11H2,(H2,21,22,23). The molecule has 1 heterocycles. The molecule has 0 fully saturated rings. The molecule has 24 heavy (non-hydrogen) atoms. The first-order valence-electron chi connectivity index (χ1n) is 7.49. The Kier molecular flexibility index (Phi) is 5.28. The molecule has 3 rings (SSSR count). The molecule has 2 aromatic carbocycles. The van der Waals surface area contributed by atoms with Gasteiger partial charge in [-0.25, -0.2) is 4.79 Å². The van der Waals surface area contributed by atoms with Crippen molar-refractivity contribution in [3.05, 3.63) is 65.3 Å². The zero-order chi connectivity index (χ0) is 16.8. The summed E-state index contributed by atoms with van der Waals surface area (Å²) in [5, 5.41) is 6.56. The molecule has 1 aromatic heterocycles. The molecule has 0 atom stereocenters. The first kappa shape index (κ1) is 16.3. The van der Waals surface area contributed by atoms with Gasteiger partial charge in [0.1, 0.15) is 12.4 Å². The van der Waals surface area contributed by atoms with Crippen LogP contribution in [0.3, 0.4) is 0 Å². The van der Waals surface area contributed by atoms with E-state index in [-0.39, 0.29) is 6.03 Å². The van der Waals surface area contributed by atoms with Gasteiger partial charge in [-0.3, -0.25) is 4.98 Å². The normalized spacial score (nSPS) is 10.4. The number of para-hydroxylation sites is 1. The monoisotopic (exact) mass is 385 g/mol. The van der Waals surface area contributed by atoms with Crippen LogP contribution in [0, 0.1) is 0 Å². The van der Waals surface area contributed by atoms with Crippen molar-refractivity contribution in [2.75, 3.05) is 18.5 Å². The number of halogens is 1. The van der Waals surface area contributed by atoms with Crippen molar-refractivity contribution in [2.24, 2.45) is 0 Å². The van der Waals surface area contributed by atoms with E-state index in [4.69, 9.17) is 4.74 Å². The molecular weight excluding hydrogens is 370 g/mol. The number of benzene rings is 2. The van der Waals surface area contributed by atoms with Crippen LogP contribution in [0.25, 0.3) is 10.9 Å². The van der Waals surface area contributed by atoms with Crippen LogP contribution in [0.15, 0.2) is 65.3 Å². The lowest BCUT2D eigenvalue weighted by Crippen LogP contribution is -2.32. The van der Waals surface area contributed by atoms with Gasteiger partial charge in [-0.1, -0.05) is 40.2 Å². The van der Waals surface area contributed by atoms with Gasteiger partial charge in [0, 0.05) is 16.1 Å². The maximum atomic E-state index is 12.0. The highest BCUT2D eigenvalue weighted by Crippen LogP contribution is 2.20. The third-order valence-electron chi connectivity index (χ3n) is 3.33. The van der Waals surface area contributed by atoms with Gasteiger partial charge in [-0.2, -0.15) is 0 Å². The van der Waals surface area contributed by atoms with E-state index in [0.717, 1.165) is 21.1 Å². The molecular formula is C18H16BrN3O2. The van der Waals surface area contributed by atoms with Crippen LogP contribution < -0.4 is 15.4 Å². The first-order valence-corrected chi connectivity index (χ1v) is 8.28. The minimum Gasteiger partial charge on any atom is -0.492 e. The van der Waals surface area contributed by atoms with E-state index in [0.29, 0.717) is 18.8 Å². The number of amides is 2. The van der Waals surface area contributed by atoms with Gasteiger partial charge >= 0.3 is 6.03 Å². The topological polar surface area (TPSA) is 63.2 Å². The zero-order valence-electron chi connectivity index (χ0n) is 12.8. The van der Waals surface area contributed by atoms with Gasteiger partial charge in [0.05, 0.1) is 17.7 Å². The number of carbonyl (C=O) groups excluding carboxylic acids is 1. The van der Waals surface area contributed by atoms with Crippen LogP contribution in [-0.2, 0) is 0 Å². The Morgan fingerprint density at radius 3 is 2.83 bits per heavy atom. The average Bonchev–Trinajstić information content (AvgIpc) is 2.59. The molecule has 0 aliphatic rings. The van der Waals surface area contributed by atoms with Gasteiger partial charge in [-0.15, -0.1) is 0 Å². The quantitative estimate of drug-likeness (QED) is 0.646. The van der Waals surface area contributed by atoms with Crippen LogP contribution in [0.5, 0.6) is 5.75 Å². The fraction of sp³-hybridized carbons (Fsp3) is 0.111. The van der Waals surface area contributed by atoms with Crippen LogP contribution >= 0.6 is 15.9 Å². The summed E-state index contributed by atoms with van der Waals surface area (Å²) < 4.78 is 6.53. The molecule has 0 saturated heterocycles. The number of anilines is 1.